The van der Waals surface area contributed by atoms with Gasteiger partial charge in [-0.2, -0.15) is 5.10 Å². The standard InChI is InChI=1S/C20H25N3/c1-17-8-9-20(18(2)14-17)16-22-10-12-23(13-11-22)21-15-19-6-4-3-5-7-19/h3-9,14-15H,10-13,16H2,1-2H3. The Balaban J connectivity index is 1.51. The highest BCUT2D eigenvalue weighted by Crippen LogP contribution is 2.14. The van der Waals surface area contributed by atoms with Crippen LogP contribution in [-0.2, 0) is 6.54 Å². The molecule has 1 fully saturated rings. The summed E-state index contributed by atoms with van der Waals surface area (Å²) in [4.78, 5) is 2.52. The normalized spacial score (nSPS) is 16.2. The lowest BCUT2D eigenvalue weighted by Gasteiger charge is -2.33. The maximum atomic E-state index is 4.61. The molecule has 0 N–H and O–H groups in total. The number of hydrogen-bond donors (Lipinski definition) is 0. The topological polar surface area (TPSA) is 18.8 Å². The Kier molecular flexibility index (Phi) is 5.09. The van der Waals surface area contributed by atoms with E-state index in [9.17, 15) is 0 Å². The molecule has 2 aromatic carbocycles. The minimum Gasteiger partial charge on any atom is -0.295 e. The van der Waals surface area contributed by atoms with Gasteiger partial charge >= 0.3 is 0 Å². The van der Waals surface area contributed by atoms with Crippen LogP contribution in [0.25, 0.3) is 0 Å². The molecule has 0 atom stereocenters. The molecule has 120 valence electrons. The van der Waals surface area contributed by atoms with Crippen LogP contribution in [0, 0.1) is 13.8 Å². The summed E-state index contributed by atoms with van der Waals surface area (Å²) < 4.78 is 0. The van der Waals surface area contributed by atoms with E-state index in [1.54, 1.807) is 0 Å². The number of aryl methyl sites for hydroxylation is 2. The zero-order valence-electron chi connectivity index (χ0n) is 14.1. The highest BCUT2D eigenvalue weighted by molar-refractivity contribution is 5.79. The lowest BCUT2D eigenvalue weighted by Crippen LogP contribution is -2.43. The largest absolute Gasteiger partial charge is 0.295 e. The smallest absolute Gasteiger partial charge is 0.0542 e. The van der Waals surface area contributed by atoms with Crippen LogP contribution < -0.4 is 0 Å². The maximum absolute atomic E-state index is 4.61. The number of nitrogens with zero attached hydrogens (tertiary/aromatic N) is 3. The van der Waals surface area contributed by atoms with E-state index >= 15 is 0 Å². The van der Waals surface area contributed by atoms with Crippen molar-refractivity contribution in [3.63, 3.8) is 0 Å². The third-order valence-corrected chi connectivity index (χ3v) is 4.41. The molecule has 2 aromatic rings. The maximum Gasteiger partial charge on any atom is 0.0542 e. The van der Waals surface area contributed by atoms with Gasteiger partial charge in [0.05, 0.1) is 6.21 Å². The van der Waals surface area contributed by atoms with Crippen LogP contribution in [0.2, 0.25) is 0 Å². The van der Waals surface area contributed by atoms with Gasteiger partial charge in [-0.15, -0.1) is 0 Å². The van der Waals surface area contributed by atoms with Crippen LogP contribution in [0.3, 0.4) is 0 Å². The summed E-state index contributed by atoms with van der Waals surface area (Å²) in [5, 5.41) is 6.78. The first kappa shape index (κ1) is 15.8. The number of hydrogen-bond acceptors (Lipinski definition) is 3. The quantitative estimate of drug-likeness (QED) is 0.806. The zero-order chi connectivity index (χ0) is 16.1. The summed E-state index contributed by atoms with van der Waals surface area (Å²) in [5.74, 6) is 0. The predicted molar refractivity (Wildman–Crippen MR) is 96.8 cm³/mol. The molecule has 1 saturated heterocycles. The van der Waals surface area contributed by atoms with E-state index in [2.05, 4.69) is 59.2 Å². The Labute approximate surface area is 139 Å². The predicted octanol–water partition coefficient (Wildman–Crippen LogP) is 3.46. The summed E-state index contributed by atoms with van der Waals surface area (Å²) in [6, 6.07) is 17.0. The van der Waals surface area contributed by atoms with Crippen LogP contribution in [0.5, 0.6) is 0 Å². The Hall–Kier alpha value is -2.13. The summed E-state index contributed by atoms with van der Waals surface area (Å²) in [6.07, 6.45) is 1.96. The van der Waals surface area contributed by atoms with E-state index < -0.39 is 0 Å². The monoisotopic (exact) mass is 307 g/mol. The van der Waals surface area contributed by atoms with E-state index in [0.29, 0.717) is 0 Å². The fourth-order valence-electron chi connectivity index (χ4n) is 2.96. The van der Waals surface area contributed by atoms with Gasteiger partial charge in [0.25, 0.3) is 0 Å². The van der Waals surface area contributed by atoms with Crippen molar-refractivity contribution in [1.29, 1.82) is 0 Å². The summed E-state index contributed by atoms with van der Waals surface area (Å²) in [7, 11) is 0. The van der Waals surface area contributed by atoms with Crippen LogP contribution in [0.4, 0.5) is 0 Å². The van der Waals surface area contributed by atoms with Crippen LogP contribution in [0.1, 0.15) is 22.3 Å². The fraction of sp³-hybridized carbons (Fsp3) is 0.350. The second-order valence-corrected chi connectivity index (χ2v) is 6.32. The molecule has 0 bridgehead atoms. The van der Waals surface area contributed by atoms with Crippen molar-refractivity contribution in [3.8, 4) is 0 Å². The number of benzene rings is 2. The minimum absolute atomic E-state index is 0.994. The van der Waals surface area contributed by atoms with Crippen LogP contribution >= 0.6 is 0 Å². The first-order valence-electron chi connectivity index (χ1n) is 8.33. The summed E-state index contributed by atoms with van der Waals surface area (Å²) in [5.41, 5.74) is 5.34. The molecule has 0 aliphatic carbocycles. The second kappa shape index (κ2) is 7.42. The van der Waals surface area contributed by atoms with E-state index in [1.165, 1.54) is 16.7 Å². The van der Waals surface area contributed by atoms with Crippen molar-refractivity contribution < 1.29 is 0 Å². The van der Waals surface area contributed by atoms with Gasteiger partial charge in [-0.25, -0.2) is 0 Å². The molecule has 0 radical (unpaired) electrons. The van der Waals surface area contributed by atoms with Gasteiger partial charge in [-0.3, -0.25) is 9.91 Å². The average molecular weight is 307 g/mol. The molecule has 3 nitrogen and oxygen atoms in total. The summed E-state index contributed by atoms with van der Waals surface area (Å²) >= 11 is 0. The van der Waals surface area contributed by atoms with Crippen molar-refractivity contribution in [1.82, 2.24) is 9.91 Å². The van der Waals surface area contributed by atoms with E-state index in [1.807, 2.05) is 24.4 Å². The second-order valence-electron chi connectivity index (χ2n) is 6.32. The molecule has 0 saturated carbocycles. The zero-order valence-corrected chi connectivity index (χ0v) is 14.1. The molecule has 0 unspecified atom stereocenters. The molecule has 0 amide bonds. The van der Waals surface area contributed by atoms with E-state index in [0.717, 1.165) is 38.3 Å². The van der Waals surface area contributed by atoms with Gasteiger partial charge in [0.2, 0.25) is 0 Å². The van der Waals surface area contributed by atoms with Gasteiger partial charge in [-0.1, -0.05) is 54.1 Å². The van der Waals surface area contributed by atoms with Crippen molar-refractivity contribution in [2.24, 2.45) is 5.10 Å². The van der Waals surface area contributed by atoms with Gasteiger partial charge < -0.3 is 0 Å². The van der Waals surface area contributed by atoms with Gasteiger partial charge in [0, 0.05) is 32.7 Å². The molecule has 0 spiro atoms. The lowest BCUT2D eigenvalue weighted by molar-refractivity contribution is 0.131. The highest BCUT2D eigenvalue weighted by Gasteiger charge is 2.16. The lowest BCUT2D eigenvalue weighted by atomic mass is 10.1. The van der Waals surface area contributed by atoms with E-state index in [4.69, 9.17) is 0 Å². The van der Waals surface area contributed by atoms with Gasteiger partial charge in [0.15, 0.2) is 0 Å². The third-order valence-electron chi connectivity index (χ3n) is 4.41. The van der Waals surface area contributed by atoms with Crippen molar-refractivity contribution in [3.05, 3.63) is 70.8 Å². The molecule has 3 heteroatoms. The Bertz CT molecular complexity index is 656. The Morgan fingerprint density at radius 3 is 2.39 bits per heavy atom. The van der Waals surface area contributed by atoms with E-state index in [-0.39, 0.29) is 0 Å². The third kappa shape index (κ3) is 4.42. The Morgan fingerprint density at radius 1 is 0.957 bits per heavy atom. The summed E-state index contributed by atoms with van der Waals surface area (Å²) in [6.45, 7) is 9.53. The molecular weight excluding hydrogens is 282 g/mol. The molecule has 23 heavy (non-hydrogen) atoms. The molecular formula is C20H25N3. The molecule has 1 heterocycles. The molecule has 1 aliphatic heterocycles. The SMILES string of the molecule is Cc1ccc(CN2CCN(N=Cc3ccccc3)CC2)c(C)c1. The average Bonchev–Trinajstić information content (AvgIpc) is 2.58. The van der Waals surface area contributed by atoms with Crippen LogP contribution in [0.15, 0.2) is 53.6 Å². The first-order valence-corrected chi connectivity index (χ1v) is 8.33. The van der Waals surface area contributed by atoms with Gasteiger partial charge in [0.1, 0.15) is 0 Å². The van der Waals surface area contributed by atoms with Gasteiger partial charge in [-0.05, 0) is 30.5 Å². The highest BCUT2D eigenvalue weighted by atomic mass is 15.5. The molecule has 0 aromatic heterocycles. The van der Waals surface area contributed by atoms with Crippen molar-refractivity contribution >= 4 is 6.21 Å². The van der Waals surface area contributed by atoms with Crippen LogP contribution in [-0.4, -0.2) is 42.3 Å². The number of piperazine rings is 1. The molecule has 1 aliphatic rings. The minimum atomic E-state index is 0.994. The fourth-order valence-corrected chi connectivity index (χ4v) is 2.96. The first-order chi connectivity index (χ1) is 11.2. The number of rotatable bonds is 4. The van der Waals surface area contributed by atoms with Crippen molar-refractivity contribution in [2.75, 3.05) is 26.2 Å². The van der Waals surface area contributed by atoms with Crippen molar-refractivity contribution in [2.45, 2.75) is 20.4 Å². The number of hydrazone groups is 1. The molecule has 3 rings (SSSR count). The Morgan fingerprint density at radius 2 is 1.70 bits per heavy atom.